The lowest BCUT2D eigenvalue weighted by Gasteiger charge is -2.06. The number of hydrogen-bond donors (Lipinski definition) is 1. The molecule has 0 saturated carbocycles. The Bertz CT molecular complexity index is 1150. The quantitative estimate of drug-likeness (QED) is 0.421. The first-order valence-electron chi connectivity index (χ1n) is 9.60. The number of benzene rings is 2. The van der Waals surface area contributed by atoms with Crippen molar-refractivity contribution >= 4 is 28.2 Å². The molecule has 2 heterocycles. The molecule has 0 atom stereocenters. The van der Waals surface area contributed by atoms with Crippen molar-refractivity contribution in [2.24, 2.45) is 0 Å². The van der Waals surface area contributed by atoms with Gasteiger partial charge in [0.15, 0.2) is 0 Å². The smallest absolute Gasteiger partial charge is 0.250 e. The summed E-state index contributed by atoms with van der Waals surface area (Å²) in [5.41, 5.74) is 3.05. The lowest BCUT2D eigenvalue weighted by molar-refractivity contribution is -0.116. The first-order chi connectivity index (χ1) is 14.6. The molecule has 0 saturated heterocycles. The second kappa shape index (κ2) is 8.96. The summed E-state index contributed by atoms with van der Waals surface area (Å²) in [6.07, 6.45) is 0.943. The predicted molar refractivity (Wildman–Crippen MR) is 117 cm³/mol. The molecule has 7 nitrogen and oxygen atoms in total. The molecule has 1 amide bonds. The third-order valence-electron chi connectivity index (χ3n) is 4.54. The number of carbonyl (C=O) groups excluding carboxylic acids is 1. The van der Waals surface area contributed by atoms with E-state index in [2.05, 4.69) is 15.4 Å². The van der Waals surface area contributed by atoms with Crippen LogP contribution in [0.25, 0.3) is 16.2 Å². The molecule has 0 bridgehead atoms. The van der Waals surface area contributed by atoms with E-state index in [4.69, 9.17) is 9.47 Å². The van der Waals surface area contributed by atoms with Gasteiger partial charge in [-0.15, -0.1) is 16.4 Å². The van der Waals surface area contributed by atoms with Gasteiger partial charge in [-0.25, -0.2) is 4.52 Å². The van der Waals surface area contributed by atoms with Crippen LogP contribution in [0.4, 0.5) is 5.95 Å². The molecule has 2 aromatic carbocycles. The highest BCUT2D eigenvalue weighted by Gasteiger charge is 2.14. The number of fused-ring (bicyclic) bond motifs is 1. The van der Waals surface area contributed by atoms with E-state index >= 15 is 0 Å². The number of carbonyl (C=O) groups is 1. The zero-order valence-electron chi connectivity index (χ0n) is 16.8. The minimum absolute atomic E-state index is 0.135. The SMILES string of the molecule is COc1cccc(-c2csc3nc(NC(=O)CCCOc4ccc(C)cc4)nn23)c1. The highest BCUT2D eigenvalue weighted by molar-refractivity contribution is 7.15. The van der Waals surface area contributed by atoms with Gasteiger partial charge in [0.05, 0.1) is 19.4 Å². The molecule has 2 aromatic heterocycles. The molecule has 154 valence electrons. The Morgan fingerprint density at radius 1 is 1.17 bits per heavy atom. The molecule has 8 heteroatoms. The fourth-order valence-corrected chi connectivity index (χ4v) is 3.79. The molecule has 0 fully saturated rings. The Labute approximate surface area is 178 Å². The Morgan fingerprint density at radius 3 is 2.80 bits per heavy atom. The zero-order valence-corrected chi connectivity index (χ0v) is 17.6. The van der Waals surface area contributed by atoms with Crippen molar-refractivity contribution in [3.63, 3.8) is 0 Å². The van der Waals surface area contributed by atoms with Crippen LogP contribution in [-0.4, -0.2) is 34.2 Å². The maximum atomic E-state index is 12.2. The van der Waals surface area contributed by atoms with Crippen LogP contribution in [0, 0.1) is 6.92 Å². The molecule has 4 rings (SSSR count). The van der Waals surface area contributed by atoms with Crippen LogP contribution in [0.2, 0.25) is 0 Å². The van der Waals surface area contributed by atoms with Gasteiger partial charge in [-0.1, -0.05) is 29.8 Å². The van der Waals surface area contributed by atoms with E-state index in [1.165, 1.54) is 16.9 Å². The second-order valence-corrected chi connectivity index (χ2v) is 7.63. The van der Waals surface area contributed by atoms with Gasteiger partial charge in [-0.3, -0.25) is 10.1 Å². The van der Waals surface area contributed by atoms with E-state index < -0.39 is 0 Å². The van der Waals surface area contributed by atoms with Crippen LogP contribution >= 0.6 is 11.3 Å². The monoisotopic (exact) mass is 422 g/mol. The summed E-state index contributed by atoms with van der Waals surface area (Å²) in [5.74, 6) is 1.74. The van der Waals surface area contributed by atoms with Crippen LogP contribution in [-0.2, 0) is 4.79 Å². The van der Waals surface area contributed by atoms with Gasteiger partial charge in [0.1, 0.15) is 11.5 Å². The van der Waals surface area contributed by atoms with E-state index in [-0.39, 0.29) is 5.91 Å². The molecule has 0 aliphatic heterocycles. The summed E-state index contributed by atoms with van der Waals surface area (Å²) in [4.78, 5) is 17.4. The minimum atomic E-state index is -0.135. The molecule has 1 N–H and O–H groups in total. The van der Waals surface area contributed by atoms with Gasteiger partial charge in [0.2, 0.25) is 16.8 Å². The Morgan fingerprint density at radius 2 is 2.00 bits per heavy atom. The number of rotatable bonds is 8. The summed E-state index contributed by atoms with van der Waals surface area (Å²) < 4.78 is 12.7. The molecule has 30 heavy (non-hydrogen) atoms. The van der Waals surface area contributed by atoms with Crippen molar-refractivity contribution < 1.29 is 14.3 Å². The maximum Gasteiger partial charge on any atom is 0.250 e. The average Bonchev–Trinajstić information content (AvgIpc) is 3.32. The van der Waals surface area contributed by atoms with Crippen molar-refractivity contribution in [1.29, 1.82) is 0 Å². The normalized spacial score (nSPS) is 10.9. The van der Waals surface area contributed by atoms with E-state index in [0.29, 0.717) is 30.4 Å². The molecule has 0 radical (unpaired) electrons. The first-order valence-corrected chi connectivity index (χ1v) is 10.5. The summed E-state index contributed by atoms with van der Waals surface area (Å²) in [7, 11) is 1.64. The third-order valence-corrected chi connectivity index (χ3v) is 5.35. The standard InChI is InChI=1S/C22H22N4O3S/c1-15-8-10-17(11-9-15)29-12-4-7-20(27)23-21-24-22-26(25-21)19(14-30-22)16-5-3-6-18(13-16)28-2/h3,5-6,8-11,13-14H,4,7,12H2,1-2H3,(H,23,25,27). The zero-order chi connectivity index (χ0) is 20.9. The number of aryl methyl sites for hydroxylation is 1. The van der Waals surface area contributed by atoms with E-state index in [0.717, 1.165) is 22.8 Å². The Kier molecular flexibility index (Phi) is 5.94. The van der Waals surface area contributed by atoms with Gasteiger partial charge in [0, 0.05) is 17.4 Å². The number of anilines is 1. The number of methoxy groups -OCH3 is 1. The lowest BCUT2D eigenvalue weighted by atomic mass is 10.2. The van der Waals surface area contributed by atoms with Crippen LogP contribution in [0.3, 0.4) is 0 Å². The van der Waals surface area contributed by atoms with Crippen LogP contribution in [0.1, 0.15) is 18.4 Å². The van der Waals surface area contributed by atoms with Gasteiger partial charge in [-0.2, -0.15) is 4.98 Å². The number of thiazole rings is 1. The Hall–Kier alpha value is -3.39. The van der Waals surface area contributed by atoms with Gasteiger partial charge in [-0.05, 0) is 37.6 Å². The molecule has 4 aromatic rings. The molecule has 0 unspecified atom stereocenters. The van der Waals surface area contributed by atoms with Crippen molar-refractivity contribution in [2.75, 3.05) is 19.0 Å². The average molecular weight is 423 g/mol. The number of hydrogen-bond acceptors (Lipinski definition) is 6. The second-order valence-electron chi connectivity index (χ2n) is 6.80. The number of aromatic nitrogens is 3. The summed E-state index contributed by atoms with van der Waals surface area (Å²) in [6, 6.07) is 15.6. The van der Waals surface area contributed by atoms with Crippen molar-refractivity contribution in [1.82, 2.24) is 14.6 Å². The molecular weight excluding hydrogens is 400 g/mol. The largest absolute Gasteiger partial charge is 0.497 e. The fraction of sp³-hybridized carbons (Fsp3) is 0.227. The van der Waals surface area contributed by atoms with Crippen LogP contribution in [0.5, 0.6) is 11.5 Å². The van der Waals surface area contributed by atoms with Gasteiger partial charge in [0.25, 0.3) is 0 Å². The number of ether oxygens (including phenoxy) is 2. The first kappa shape index (κ1) is 19.9. The van der Waals surface area contributed by atoms with Crippen LogP contribution < -0.4 is 14.8 Å². The van der Waals surface area contributed by atoms with Gasteiger partial charge < -0.3 is 9.47 Å². The van der Waals surface area contributed by atoms with E-state index in [9.17, 15) is 4.79 Å². The molecule has 0 aliphatic rings. The van der Waals surface area contributed by atoms with E-state index in [1.807, 2.05) is 60.8 Å². The highest BCUT2D eigenvalue weighted by Crippen LogP contribution is 2.28. The lowest BCUT2D eigenvalue weighted by Crippen LogP contribution is -2.14. The van der Waals surface area contributed by atoms with Crippen LogP contribution in [0.15, 0.2) is 53.9 Å². The summed E-state index contributed by atoms with van der Waals surface area (Å²) in [5, 5.41) is 9.19. The van der Waals surface area contributed by atoms with Gasteiger partial charge >= 0.3 is 0 Å². The summed E-state index contributed by atoms with van der Waals surface area (Å²) >= 11 is 1.47. The predicted octanol–water partition coefficient (Wildman–Crippen LogP) is 4.57. The number of nitrogens with one attached hydrogen (secondary N) is 1. The Balaban J connectivity index is 1.34. The van der Waals surface area contributed by atoms with Crippen molar-refractivity contribution in [3.05, 3.63) is 59.5 Å². The minimum Gasteiger partial charge on any atom is -0.497 e. The summed E-state index contributed by atoms with van der Waals surface area (Å²) in [6.45, 7) is 2.50. The fourth-order valence-electron chi connectivity index (χ4n) is 2.96. The maximum absolute atomic E-state index is 12.2. The topological polar surface area (TPSA) is 77.8 Å². The molecular formula is C22H22N4O3S. The van der Waals surface area contributed by atoms with Crippen molar-refractivity contribution in [3.8, 4) is 22.8 Å². The van der Waals surface area contributed by atoms with E-state index in [1.54, 1.807) is 11.6 Å². The number of amides is 1. The van der Waals surface area contributed by atoms with Crippen molar-refractivity contribution in [2.45, 2.75) is 19.8 Å². The molecule has 0 aliphatic carbocycles. The third kappa shape index (κ3) is 4.60. The number of nitrogens with zero attached hydrogens (tertiary/aromatic N) is 3. The highest BCUT2D eigenvalue weighted by atomic mass is 32.1. The molecule has 0 spiro atoms.